The SMILES string of the molecule is CC1(C)c2ccccc2C(C(C)(C)C)(C(C)(C)C)c2ccccc21. The predicted molar refractivity (Wildman–Crippen MR) is 105 cm³/mol. The largest absolute Gasteiger partial charge is 0.0619 e. The molecule has 0 spiro atoms. The average Bonchev–Trinajstić information content (AvgIpc) is 2.45. The summed E-state index contributed by atoms with van der Waals surface area (Å²) in [5.41, 5.74) is 6.20. The third kappa shape index (κ3) is 1.98. The molecule has 0 amide bonds. The Morgan fingerprint density at radius 3 is 1.12 bits per heavy atom. The van der Waals surface area contributed by atoms with Crippen LogP contribution in [0.4, 0.5) is 0 Å². The quantitative estimate of drug-likeness (QED) is 0.506. The summed E-state index contributed by atoms with van der Waals surface area (Å²) in [6.45, 7) is 19.2. The predicted octanol–water partition coefficient (Wildman–Crippen LogP) is 6.70. The van der Waals surface area contributed by atoms with Gasteiger partial charge in [-0.3, -0.25) is 0 Å². The Labute approximate surface area is 148 Å². The highest BCUT2D eigenvalue weighted by Gasteiger charge is 2.58. The fourth-order valence-corrected chi connectivity index (χ4v) is 5.74. The number of hydrogen-bond acceptors (Lipinski definition) is 0. The van der Waals surface area contributed by atoms with Gasteiger partial charge >= 0.3 is 0 Å². The molecule has 0 nitrogen and oxygen atoms in total. The summed E-state index contributed by atoms with van der Waals surface area (Å²) in [6.07, 6.45) is 0. The van der Waals surface area contributed by atoms with Crippen molar-refractivity contribution in [1.29, 1.82) is 0 Å². The molecular formula is C24H32. The molecule has 0 aromatic heterocycles. The molecule has 0 fully saturated rings. The summed E-state index contributed by atoms with van der Waals surface area (Å²) in [6, 6.07) is 18.3. The molecule has 1 aliphatic rings. The van der Waals surface area contributed by atoms with Gasteiger partial charge in [-0.25, -0.2) is 0 Å². The van der Waals surface area contributed by atoms with Crippen molar-refractivity contribution in [2.24, 2.45) is 10.8 Å². The molecule has 2 aromatic rings. The number of fused-ring (bicyclic) bond motifs is 2. The lowest BCUT2D eigenvalue weighted by Crippen LogP contribution is -2.55. The molecule has 3 rings (SSSR count). The topological polar surface area (TPSA) is 0 Å². The van der Waals surface area contributed by atoms with E-state index in [1.54, 1.807) is 0 Å². The summed E-state index contributed by atoms with van der Waals surface area (Å²) >= 11 is 0. The Kier molecular flexibility index (Phi) is 3.58. The first-order valence-electron chi connectivity index (χ1n) is 9.15. The Hall–Kier alpha value is -1.56. The summed E-state index contributed by atoms with van der Waals surface area (Å²) < 4.78 is 0. The first-order valence-corrected chi connectivity index (χ1v) is 9.15. The first kappa shape index (κ1) is 17.3. The van der Waals surface area contributed by atoms with E-state index in [4.69, 9.17) is 0 Å². The van der Waals surface area contributed by atoms with E-state index < -0.39 is 0 Å². The van der Waals surface area contributed by atoms with Gasteiger partial charge in [-0.15, -0.1) is 0 Å². The molecule has 24 heavy (non-hydrogen) atoms. The molecule has 0 heteroatoms. The zero-order chi connectivity index (χ0) is 18.0. The Morgan fingerprint density at radius 2 is 0.833 bits per heavy atom. The lowest BCUT2D eigenvalue weighted by Gasteiger charge is -2.60. The van der Waals surface area contributed by atoms with Crippen molar-refractivity contribution in [2.45, 2.75) is 66.2 Å². The molecule has 0 aliphatic heterocycles. The number of benzene rings is 2. The van der Waals surface area contributed by atoms with Gasteiger partial charge in [-0.2, -0.15) is 0 Å². The number of rotatable bonds is 0. The summed E-state index contributed by atoms with van der Waals surface area (Å²) in [4.78, 5) is 0. The van der Waals surface area contributed by atoms with E-state index in [0.29, 0.717) is 0 Å². The molecule has 0 bridgehead atoms. The van der Waals surface area contributed by atoms with Crippen molar-refractivity contribution >= 4 is 0 Å². The van der Waals surface area contributed by atoms with Gasteiger partial charge in [0.2, 0.25) is 0 Å². The third-order valence-corrected chi connectivity index (χ3v) is 6.26. The Balaban J connectivity index is 2.57. The monoisotopic (exact) mass is 320 g/mol. The smallest absolute Gasteiger partial charge is 0.0305 e. The zero-order valence-electron chi connectivity index (χ0n) is 16.6. The number of hydrogen-bond donors (Lipinski definition) is 0. The van der Waals surface area contributed by atoms with Crippen molar-refractivity contribution in [1.82, 2.24) is 0 Å². The van der Waals surface area contributed by atoms with Crippen molar-refractivity contribution in [3.8, 4) is 0 Å². The molecule has 128 valence electrons. The van der Waals surface area contributed by atoms with E-state index in [9.17, 15) is 0 Å². The molecule has 0 saturated carbocycles. The van der Waals surface area contributed by atoms with Gasteiger partial charge in [0, 0.05) is 10.8 Å². The van der Waals surface area contributed by atoms with Crippen LogP contribution in [0, 0.1) is 10.8 Å². The highest BCUT2D eigenvalue weighted by Crippen LogP contribution is 2.63. The summed E-state index contributed by atoms with van der Waals surface area (Å²) in [5, 5.41) is 0. The first-order chi connectivity index (χ1) is 11.0. The third-order valence-electron chi connectivity index (χ3n) is 6.26. The highest BCUT2D eigenvalue weighted by molar-refractivity contribution is 5.61. The molecule has 0 radical (unpaired) electrons. The minimum Gasteiger partial charge on any atom is -0.0619 e. The van der Waals surface area contributed by atoms with Crippen LogP contribution in [-0.4, -0.2) is 0 Å². The maximum atomic E-state index is 2.41. The maximum absolute atomic E-state index is 2.41. The van der Waals surface area contributed by atoms with Crippen molar-refractivity contribution in [3.63, 3.8) is 0 Å². The average molecular weight is 321 g/mol. The van der Waals surface area contributed by atoms with Crippen LogP contribution in [0.25, 0.3) is 0 Å². The Morgan fingerprint density at radius 1 is 0.542 bits per heavy atom. The van der Waals surface area contributed by atoms with Gasteiger partial charge in [0.1, 0.15) is 0 Å². The molecule has 0 saturated heterocycles. The minimum atomic E-state index is -0.0251. The van der Waals surface area contributed by atoms with Crippen LogP contribution in [0.15, 0.2) is 48.5 Å². The zero-order valence-corrected chi connectivity index (χ0v) is 16.6. The van der Waals surface area contributed by atoms with Gasteiger partial charge < -0.3 is 0 Å². The maximum Gasteiger partial charge on any atom is 0.0305 e. The van der Waals surface area contributed by atoms with Crippen LogP contribution in [0.2, 0.25) is 0 Å². The van der Waals surface area contributed by atoms with Crippen molar-refractivity contribution < 1.29 is 0 Å². The molecule has 2 aromatic carbocycles. The second-order valence-corrected chi connectivity index (χ2v) is 9.97. The highest BCUT2D eigenvalue weighted by atomic mass is 14.6. The van der Waals surface area contributed by atoms with E-state index >= 15 is 0 Å². The van der Waals surface area contributed by atoms with E-state index in [0.717, 1.165) is 0 Å². The van der Waals surface area contributed by atoms with E-state index in [1.807, 2.05) is 0 Å². The molecule has 0 atom stereocenters. The minimum absolute atomic E-state index is 0.0251. The Bertz CT molecular complexity index is 698. The van der Waals surface area contributed by atoms with Crippen LogP contribution >= 0.6 is 0 Å². The lowest BCUT2D eigenvalue weighted by molar-refractivity contribution is 0.0836. The van der Waals surface area contributed by atoms with Gasteiger partial charge in [-0.1, -0.05) is 104 Å². The molecule has 0 heterocycles. The second kappa shape index (κ2) is 4.97. The van der Waals surface area contributed by atoms with Crippen LogP contribution < -0.4 is 0 Å². The van der Waals surface area contributed by atoms with Gasteiger partial charge in [0.05, 0.1) is 0 Å². The standard InChI is InChI=1S/C24H32/c1-21(2,3)24(22(4,5)6)19-15-11-9-13-17(19)23(7,8)18-14-10-12-16-20(18)24/h9-16H,1-8H3. The second-order valence-electron chi connectivity index (χ2n) is 9.97. The molecule has 1 aliphatic carbocycles. The van der Waals surface area contributed by atoms with Gasteiger partial charge in [-0.05, 0) is 33.1 Å². The van der Waals surface area contributed by atoms with Crippen molar-refractivity contribution in [3.05, 3.63) is 70.8 Å². The van der Waals surface area contributed by atoms with Crippen LogP contribution in [0.3, 0.4) is 0 Å². The van der Waals surface area contributed by atoms with Crippen LogP contribution in [0.1, 0.15) is 77.6 Å². The normalized spacial score (nSPS) is 18.7. The van der Waals surface area contributed by atoms with E-state index in [1.165, 1.54) is 22.3 Å². The van der Waals surface area contributed by atoms with Crippen LogP contribution in [0.5, 0.6) is 0 Å². The summed E-state index contributed by atoms with van der Waals surface area (Å²) in [7, 11) is 0. The molecular weight excluding hydrogens is 288 g/mol. The van der Waals surface area contributed by atoms with Gasteiger partial charge in [0.15, 0.2) is 0 Å². The van der Waals surface area contributed by atoms with Crippen molar-refractivity contribution in [2.75, 3.05) is 0 Å². The van der Waals surface area contributed by atoms with Crippen LogP contribution in [-0.2, 0) is 10.8 Å². The van der Waals surface area contributed by atoms with Gasteiger partial charge in [0.25, 0.3) is 0 Å². The van der Waals surface area contributed by atoms with E-state index in [-0.39, 0.29) is 21.7 Å². The molecule has 0 N–H and O–H groups in total. The summed E-state index contributed by atoms with van der Waals surface area (Å²) in [5.74, 6) is 0. The fourth-order valence-electron chi connectivity index (χ4n) is 5.74. The fraction of sp³-hybridized carbons (Fsp3) is 0.500. The lowest BCUT2D eigenvalue weighted by atomic mass is 9.43. The van der Waals surface area contributed by atoms with E-state index in [2.05, 4.69) is 104 Å². The molecule has 0 unspecified atom stereocenters.